The Kier molecular flexibility index (Phi) is 2.80. The number of rotatable bonds is 1. The van der Waals surface area contributed by atoms with Crippen LogP contribution >= 0.6 is 12.2 Å². The molecule has 1 amide bonds. The molecule has 1 saturated heterocycles. The molecule has 0 saturated carbocycles. The van der Waals surface area contributed by atoms with E-state index in [1.807, 2.05) is 30.3 Å². The Morgan fingerprint density at radius 3 is 2.58 bits per heavy atom. The van der Waals surface area contributed by atoms with Gasteiger partial charge in [0, 0.05) is 7.05 Å². The molecule has 19 heavy (non-hydrogen) atoms. The second-order valence-electron chi connectivity index (χ2n) is 4.46. The number of hydrogen-bond donors (Lipinski definition) is 1. The average Bonchev–Trinajstić information content (AvgIpc) is 2.66. The molecule has 3 nitrogen and oxygen atoms in total. The minimum Gasteiger partial charge on any atom is -0.328 e. The van der Waals surface area contributed by atoms with Gasteiger partial charge in [0.05, 0.1) is 0 Å². The topological polar surface area (TPSA) is 32.3 Å². The zero-order valence-electron chi connectivity index (χ0n) is 10.4. The minimum absolute atomic E-state index is 0.0989. The first-order valence-electron chi connectivity index (χ1n) is 5.95. The minimum atomic E-state index is -0.0989. The Labute approximate surface area is 116 Å². The number of hydrogen-bond acceptors (Lipinski definition) is 2. The lowest BCUT2D eigenvalue weighted by molar-refractivity contribution is -0.121. The predicted octanol–water partition coefficient (Wildman–Crippen LogP) is 2.53. The van der Waals surface area contributed by atoms with E-state index >= 15 is 0 Å². The van der Waals surface area contributed by atoms with Crippen molar-refractivity contribution in [3.63, 3.8) is 0 Å². The van der Waals surface area contributed by atoms with Crippen LogP contribution in [-0.2, 0) is 4.79 Å². The molecule has 1 heterocycles. The summed E-state index contributed by atoms with van der Waals surface area (Å²) in [6, 6.07) is 14.2. The number of nitrogens with one attached hydrogen (secondary N) is 1. The molecule has 0 radical (unpaired) electrons. The van der Waals surface area contributed by atoms with Gasteiger partial charge in [-0.1, -0.05) is 36.4 Å². The van der Waals surface area contributed by atoms with Crippen molar-refractivity contribution < 1.29 is 4.79 Å². The van der Waals surface area contributed by atoms with E-state index in [1.165, 1.54) is 10.3 Å². The summed E-state index contributed by atoms with van der Waals surface area (Å²) in [6.45, 7) is 0. The third-order valence-corrected chi connectivity index (χ3v) is 3.54. The van der Waals surface area contributed by atoms with Crippen LogP contribution in [0.2, 0.25) is 0 Å². The van der Waals surface area contributed by atoms with Crippen LogP contribution in [0.25, 0.3) is 16.8 Å². The molecule has 0 bridgehead atoms. The van der Waals surface area contributed by atoms with Gasteiger partial charge in [-0.15, -0.1) is 0 Å². The molecule has 0 aliphatic carbocycles. The summed E-state index contributed by atoms with van der Waals surface area (Å²) < 4.78 is 0. The van der Waals surface area contributed by atoms with Gasteiger partial charge in [-0.3, -0.25) is 9.69 Å². The molecule has 2 aromatic carbocycles. The van der Waals surface area contributed by atoms with Gasteiger partial charge in [0.15, 0.2) is 5.11 Å². The first-order chi connectivity index (χ1) is 9.15. The second kappa shape index (κ2) is 4.48. The number of thiocarbonyl (C=S) groups is 1. The molecular formula is C15H12N2OS. The quantitative estimate of drug-likeness (QED) is 0.637. The van der Waals surface area contributed by atoms with Crippen molar-refractivity contribution in [2.24, 2.45) is 0 Å². The van der Waals surface area contributed by atoms with Crippen molar-refractivity contribution in [1.82, 2.24) is 10.2 Å². The summed E-state index contributed by atoms with van der Waals surface area (Å²) >= 11 is 5.04. The Bertz CT molecular complexity index is 721. The fraction of sp³-hybridized carbons (Fsp3) is 0.0667. The Morgan fingerprint density at radius 2 is 1.89 bits per heavy atom. The Morgan fingerprint density at radius 1 is 1.16 bits per heavy atom. The fourth-order valence-electron chi connectivity index (χ4n) is 2.09. The summed E-state index contributed by atoms with van der Waals surface area (Å²) in [5, 5.41) is 5.70. The zero-order chi connectivity index (χ0) is 13.4. The van der Waals surface area contributed by atoms with E-state index in [1.54, 1.807) is 7.05 Å². The fourth-order valence-corrected chi connectivity index (χ4v) is 2.28. The van der Waals surface area contributed by atoms with E-state index < -0.39 is 0 Å². The van der Waals surface area contributed by atoms with E-state index in [0.29, 0.717) is 10.8 Å². The van der Waals surface area contributed by atoms with Crippen molar-refractivity contribution in [3.05, 3.63) is 53.7 Å². The van der Waals surface area contributed by atoms with E-state index in [2.05, 4.69) is 23.5 Å². The monoisotopic (exact) mass is 268 g/mol. The van der Waals surface area contributed by atoms with Crippen LogP contribution in [0.1, 0.15) is 5.56 Å². The van der Waals surface area contributed by atoms with Gasteiger partial charge in [-0.05, 0) is 40.7 Å². The highest BCUT2D eigenvalue weighted by molar-refractivity contribution is 7.80. The maximum atomic E-state index is 11.9. The molecule has 0 unspecified atom stereocenters. The predicted molar refractivity (Wildman–Crippen MR) is 80.4 cm³/mol. The summed E-state index contributed by atoms with van der Waals surface area (Å²) in [7, 11) is 1.67. The molecule has 0 aromatic heterocycles. The number of fused-ring (bicyclic) bond motifs is 1. The van der Waals surface area contributed by atoms with Crippen molar-refractivity contribution >= 4 is 40.1 Å². The normalized spacial score (nSPS) is 17.3. The van der Waals surface area contributed by atoms with Crippen molar-refractivity contribution in [2.45, 2.75) is 0 Å². The van der Waals surface area contributed by atoms with E-state index in [9.17, 15) is 4.79 Å². The van der Waals surface area contributed by atoms with Gasteiger partial charge < -0.3 is 5.32 Å². The van der Waals surface area contributed by atoms with Crippen molar-refractivity contribution in [3.8, 4) is 0 Å². The highest BCUT2D eigenvalue weighted by Gasteiger charge is 2.26. The van der Waals surface area contributed by atoms with Gasteiger partial charge in [-0.25, -0.2) is 0 Å². The lowest BCUT2D eigenvalue weighted by Gasteiger charge is -2.02. The lowest BCUT2D eigenvalue weighted by atomic mass is 10.1. The Hall–Kier alpha value is -2.20. The van der Waals surface area contributed by atoms with E-state index in [4.69, 9.17) is 12.2 Å². The van der Waals surface area contributed by atoms with Crippen LogP contribution in [-0.4, -0.2) is 23.0 Å². The molecule has 1 aliphatic heterocycles. The van der Waals surface area contributed by atoms with Crippen LogP contribution in [0.15, 0.2) is 48.2 Å². The summed E-state index contributed by atoms with van der Waals surface area (Å²) in [4.78, 5) is 13.3. The standard InChI is InChI=1S/C15H12N2OS/c1-17-14(18)13(16-15(17)19)9-10-6-7-11-4-2-3-5-12(11)8-10/h2-9H,1H3,(H,16,19)/b13-9+. The first kappa shape index (κ1) is 11.9. The molecule has 94 valence electrons. The van der Waals surface area contributed by atoms with Crippen LogP contribution in [0, 0.1) is 0 Å². The molecule has 1 aliphatic rings. The van der Waals surface area contributed by atoms with Crippen molar-refractivity contribution in [1.29, 1.82) is 0 Å². The van der Waals surface area contributed by atoms with Crippen LogP contribution in [0.5, 0.6) is 0 Å². The van der Waals surface area contributed by atoms with Crippen LogP contribution in [0.3, 0.4) is 0 Å². The molecule has 4 heteroatoms. The Balaban J connectivity index is 2.02. The molecule has 3 rings (SSSR count). The van der Waals surface area contributed by atoms with Gasteiger partial charge in [0.2, 0.25) is 0 Å². The summed E-state index contributed by atoms with van der Waals surface area (Å²) in [5.41, 5.74) is 1.50. The van der Waals surface area contributed by atoms with E-state index in [-0.39, 0.29) is 5.91 Å². The number of nitrogens with zero attached hydrogens (tertiary/aromatic N) is 1. The van der Waals surface area contributed by atoms with E-state index in [0.717, 1.165) is 10.9 Å². The molecule has 1 fully saturated rings. The molecule has 0 spiro atoms. The first-order valence-corrected chi connectivity index (χ1v) is 6.35. The summed E-state index contributed by atoms with van der Waals surface area (Å²) in [6.07, 6.45) is 1.82. The second-order valence-corrected chi connectivity index (χ2v) is 4.85. The number of amides is 1. The number of likely N-dealkylation sites (N-methyl/N-ethyl adjacent to an activating group) is 1. The SMILES string of the molecule is CN1C(=O)/C(=C\c2ccc3ccccc3c2)NC1=S. The molecule has 0 atom stereocenters. The third-order valence-electron chi connectivity index (χ3n) is 3.17. The van der Waals surface area contributed by atoms with Gasteiger partial charge in [0.25, 0.3) is 5.91 Å². The molecule has 2 aromatic rings. The van der Waals surface area contributed by atoms with Gasteiger partial charge >= 0.3 is 0 Å². The smallest absolute Gasteiger partial charge is 0.276 e. The average molecular weight is 268 g/mol. The van der Waals surface area contributed by atoms with Crippen LogP contribution < -0.4 is 5.32 Å². The zero-order valence-corrected chi connectivity index (χ0v) is 11.2. The van der Waals surface area contributed by atoms with Crippen LogP contribution in [0.4, 0.5) is 0 Å². The molecular weight excluding hydrogens is 256 g/mol. The highest BCUT2D eigenvalue weighted by Crippen LogP contribution is 2.18. The van der Waals surface area contributed by atoms with Gasteiger partial charge in [-0.2, -0.15) is 0 Å². The number of benzene rings is 2. The highest BCUT2D eigenvalue weighted by atomic mass is 32.1. The summed E-state index contributed by atoms with van der Waals surface area (Å²) in [5.74, 6) is -0.0989. The largest absolute Gasteiger partial charge is 0.328 e. The maximum Gasteiger partial charge on any atom is 0.276 e. The molecule has 1 N–H and O–H groups in total. The lowest BCUT2D eigenvalue weighted by Crippen LogP contribution is -2.25. The third kappa shape index (κ3) is 2.11. The maximum absolute atomic E-state index is 11.9. The van der Waals surface area contributed by atoms with Gasteiger partial charge in [0.1, 0.15) is 5.70 Å². The number of carbonyl (C=O) groups excluding carboxylic acids is 1. The van der Waals surface area contributed by atoms with Crippen molar-refractivity contribution in [2.75, 3.05) is 7.05 Å². The number of carbonyl (C=O) groups is 1.